The quantitative estimate of drug-likeness (QED) is 0.756. The molecule has 0 saturated carbocycles. The fourth-order valence-corrected chi connectivity index (χ4v) is 1.89. The first-order valence-electron chi connectivity index (χ1n) is 5.84. The van der Waals surface area contributed by atoms with E-state index in [-0.39, 0.29) is 0 Å². The highest BCUT2D eigenvalue weighted by atomic mass is 35.5. The minimum Gasteiger partial charge on any atom is -0.231 e. The molecule has 2 nitrogen and oxygen atoms in total. The fourth-order valence-electron chi connectivity index (χ4n) is 1.76. The van der Waals surface area contributed by atoms with Crippen LogP contribution in [0.15, 0.2) is 30.3 Å². The first-order valence-corrected chi connectivity index (χ1v) is 6.22. The molecule has 1 heterocycles. The van der Waals surface area contributed by atoms with Crippen LogP contribution in [0.25, 0.3) is 12.2 Å². The Balaban J connectivity index is 2.31. The van der Waals surface area contributed by atoms with Gasteiger partial charge in [-0.05, 0) is 35.7 Å². The standard InChI is InChI=1S/C15H16ClN2/c1-11-10-12(2)18(3)15(17-11)9-6-13-4-7-14(16)8-5-13/h4-10H,1-3H3/q+1/b9-6+. The SMILES string of the molecule is Cc1cc(C)[n+](C)c(/C=C/c2ccc(Cl)cc2)n1. The zero-order chi connectivity index (χ0) is 13.1. The van der Waals surface area contributed by atoms with E-state index in [0.717, 1.165) is 22.1 Å². The normalized spacial score (nSPS) is 11.1. The molecule has 0 saturated heterocycles. The summed E-state index contributed by atoms with van der Waals surface area (Å²) in [4.78, 5) is 4.52. The highest BCUT2D eigenvalue weighted by Gasteiger charge is 2.09. The smallest absolute Gasteiger partial charge is 0.231 e. The van der Waals surface area contributed by atoms with Crippen LogP contribution in [0.2, 0.25) is 5.02 Å². The van der Waals surface area contributed by atoms with E-state index in [1.54, 1.807) is 0 Å². The summed E-state index contributed by atoms with van der Waals surface area (Å²) in [6.45, 7) is 4.08. The van der Waals surface area contributed by atoms with Gasteiger partial charge in [-0.1, -0.05) is 23.7 Å². The molecule has 1 aromatic heterocycles. The van der Waals surface area contributed by atoms with E-state index in [1.165, 1.54) is 5.69 Å². The Kier molecular flexibility index (Phi) is 3.78. The number of nitrogens with zero attached hydrogens (tertiary/aromatic N) is 2. The average Bonchev–Trinajstić information content (AvgIpc) is 2.34. The zero-order valence-electron chi connectivity index (χ0n) is 10.8. The Morgan fingerprint density at radius 1 is 1.11 bits per heavy atom. The molecule has 0 aliphatic carbocycles. The van der Waals surface area contributed by atoms with E-state index < -0.39 is 0 Å². The van der Waals surface area contributed by atoms with Crippen molar-refractivity contribution < 1.29 is 4.57 Å². The summed E-state index contributed by atoms with van der Waals surface area (Å²) < 4.78 is 2.07. The summed E-state index contributed by atoms with van der Waals surface area (Å²) in [6, 6.07) is 9.81. The summed E-state index contributed by atoms with van der Waals surface area (Å²) in [7, 11) is 2.02. The molecular weight excluding hydrogens is 244 g/mol. The van der Waals surface area contributed by atoms with Crippen LogP contribution < -0.4 is 4.57 Å². The van der Waals surface area contributed by atoms with Crippen molar-refractivity contribution in [3.63, 3.8) is 0 Å². The summed E-state index contributed by atoms with van der Waals surface area (Å²) in [6.07, 6.45) is 4.06. The lowest BCUT2D eigenvalue weighted by molar-refractivity contribution is -0.682. The molecule has 0 spiro atoms. The Labute approximate surface area is 113 Å². The van der Waals surface area contributed by atoms with Crippen LogP contribution in [0.1, 0.15) is 22.8 Å². The van der Waals surface area contributed by atoms with E-state index >= 15 is 0 Å². The van der Waals surface area contributed by atoms with Gasteiger partial charge in [-0.15, -0.1) is 0 Å². The maximum absolute atomic E-state index is 5.86. The van der Waals surface area contributed by atoms with Crippen LogP contribution in [0.3, 0.4) is 0 Å². The molecule has 0 unspecified atom stereocenters. The van der Waals surface area contributed by atoms with Crippen molar-refractivity contribution in [2.24, 2.45) is 7.05 Å². The summed E-state index contributed by atoms with van der Waals surface area (Å²) in [5.41, 5.74) is 3.33. The van der Waals surface area contributed by atoms with Crippen molar-refractivity contribution in [3.05, 3.63) is 58.1 Å². The Hall–Kier alpha value is -1.67. The summed E-state index contributed by atoms with van der Waals surface area (Å²) in [5.74, 6) is 0.947. The lowest BCUT2D eigenvalue weighted by atomic mass is 10.2. The molecule has 92 valence electrons. The molecule has 0 aliphatic rings. The van der Waals surface area contributed by atoms with Crippen LogP contribution >= 0.6 is 11.6 Å². The molecule has 2 rings (SSSR count). The van der Waals surface area contributed by atoms with E-state index in [4.69, 9.17) is 11.6 Å². The van der Waals surface area contributed by atoms with Crippen LogP contribution in [-0.4, -0.2) is 4.98 Å². The van der Waals surface area contributed by atoms with Gasteiger partial charge >= 0.3 is 5.82 Å². The molecule has 2 aromatic rings. The molecule has 0 aliphatic heterocycles. The van der Waals surface area contributed by atoms with Gasteiger partial charge in [-0.3, -0.25) is 0 Å². The van der Waals surface area contributed by atoms with E-state index in [1.807, 2.05) is 50.4 Å². The first kappa shape index (κ1) is 12.8. The van der Waals surface area contributed by atoms with E-state index in [9.17, 15) is 0 Å². The van der Waals surface area contributed by atoms with Gasteiger partial charge in [0, 0.05) is 24.1 Å². The third kappa shape index (κ3) is 2.96. The van der Waals surface area contributed by atoms with Crippen molar-refractivity contribution in [2.45, 2.75) is 13.8 Å². The maximum atomic E-state index is 5.86. The largest absolute Gasteiger partial charge is 0.323 e. The van der Waals surface area contributed by atoms with Crippen molar-refractivity contribution in [2.75, 3.05) is 0 Å². The van der Waals surface area contributed by atoms with Gasteiger partial charge < -0.3 is 0 Å². The predicted molar refractivity (Wildman–Crippen MR) is 75.3 cm³/mol. The second-order valence-electron chi connectivity index (χ2n) is 4.34. The highest BCUT2D eigenvalue weighted by molar-refractivity contribution is 6.30. The minimum atomic E-state index is 0.752. The number of aromatic nitrogens is 2. The Morgan fingerprint density at radius 2 is 1.78 bits per heavy atom. The number of halogens is 1. The number of rotatable bonds is 2. The topological polar surface area (TPSA) is 16.8 Å². The van der Waals surface area contributed by atoms with Gasteiger partial charge in [0.1, 0.15) is 5.69 Å². The molecular formula is C15H16ClN2+. The Morgan fingerprint density at radius 3 is 2.44 bits per heavy atom. The first-order chi connectivity index (χ1) is 8.56. The highest BCUT2D eigenvalue weighted by Crippen LogP contribution is 2.11. The number of hydrogen-bond acceptors (Lipinski definition) is 1. The van der Waals surface area contributed by atoms with Gasteiger partial charge in [0.05, 0.1) is 7.05 Å². The summed E-state index contributed by atoms with van der Waals surface area (Å²) in [5, 5.41) is 0.752. The average molecular weight is 260 g/mol. The molecule has 0 N–H and O–H groups in total. The fraction of sp³-hybridized carbons (Fsp3) is 0.200. The molecule has 18 heavy (non-hydrogen) atoms. The van der Waals surface area contributed by atoms with Crippen LogP contribution in [-0.2, 0) is 7.05 Å². The number of hydrogen-bond donors (Lipinski definition) is 0. The van der Waals surface area contributed by atoms with Crippen molar-refractivity contribution in [3.8, 4) is 0 Å². The molecule has 3 heteroatoms. The predicted octanol–water partition coefficient (Wildman–Crippen LogP) is 3.35. The summed E-state index contributed by atoms with van der Waals surface area (Å²) >= 11 is 5.86. The third-order valence-electron chi connectivity index (χ3n) is 2.88. The second-order valence-corrected chi connectivity index (χ2v) is 4.78. The number of benzene rings is 1. The zero-order valence-corrected chi connectivity index (χ0v) is 11.6. The van der Waals surface area contributed by atoms with Gasteiger partial charge in [0.2, 0.25) is 0 Å². The molecule has 0 amide bonds. The second kappa shape index (κ2) is 5.32. The lowest BCUT2D eigenvalue weighted by Crippen LogP contribution is -2.36. The van der Waals surface area contributed by atoms with Crippen LogP contribution in [0.5, 0.6) is 0 Å². The lowest BCUT2D eigenvalue weighted by Gasteiger charge is -1.99. The third-order valence-corrected chi connectivity index (χ3v) is 3.13. The minimum absolute atomic E-state index is 0.752. The monoisotopic (exact) mass is 259 g/mol. The van der Waals surface area contributed by atoms with Crippen molar-refractivity contribution in [1.29, 1.82) is 0 Å². The molecule has 0 fully saturated rings. The van der Waals surface area contributed by atoms with Crippen molar-refractivity contribution in [1.82, 2.24) is 4.98 Å². The Bertz CT molecular complexity index is 586. The maximum Gasteiger partial charge on any atom is 0.323 e. The van der Waals surface area contributed by atoms with Crippen molar-refractivity contribution >= 4 is 23.8 Å². The van der Waals surface area contributed by atoms with Crippen LogP contribution in [0.4, 0.5) is 0 Å². The van der Waals surface area contributed by atoms with E-state index in [0.29, 0.717) is 0 Å². The molecule has 0 radical (unpaired) electrons. The molecule has 1 aromatic carbocycles. The van der Waals surface area contributed by atoms with Crippen LogP contribution in [0, 0.1) is 13.8 Å². The van der Waals surface area contributed by atoms with Gasteiger partial charge in [0.15, 0.2) is 5.69 Å². The molecule has 0 atom stereocenters. The van der Waals surface area contributed by atoms with Gasteiger partial charge in [-0.25, -0.2) is 4.57 Å². The number of aryl methyl sites for hydroxylation is 2. The van der Waals surface area contributed by atoms with Gasteiger partial charge in [-0.2, -0.15) is 0 Å². The molecule has 0 bridgehead atoms. The van der Waals surface area contributed by atoms with Gasteiger partial charge in [0.25, 0.3) is 0 Å². The van der Waals surface area contributed by atoms with E-state index in [2.05, 4.69) is 22.5 Å².